The van der Waals surface area contributed by atoms with E-state index in [9.17, 15) is 9.59 Å². The zero-order chi connectivity index (χ0) is 17.6. The van der Waals surface area contributed by atoms with E-state index < -0.39 is 0 Å². The van der Waals surface area contributed by atoms with E-state index in [1.165, 1.54) is 25.7 Å². The van der Waals surface area contributed by atoms with Crippen LogP contribution in [0.3, 0.4) is 0 Å². The minimum atomic E-state index is -0.238. The summed E-state index contributed by atoms with van der Waals surface area (Å²) in [5, 5.41) is 8.67. The van der Waals surface area contributed by atoms with Gasteiger partial charge in [-0.15, -0.1) is 0 Å². The third-order valence-electron chi connectivity index (χ3n) is 5.76. The van der Waals surface area contributed by atoms with Crippen LogP contribution in [0.4, 0.5) is 4.79 Å². The second-order valence-corrected chi connectivity index (χ2v) is 7.54. The molecule has 136 valence electrons. The summed E-state index contributed by atoms with van der Waals surface area (Å²) in [5.41, 5.74) is 1.05. The van der Waals surface area contributed by atoms with Crippen molar-refractivity contribution >= 4 is 11.9 Å². The lowest BCUT2D eigenvalue weighted by atomic mass is 9.84. The Kier molecular flexibility index (Phi) is 5.95. The number of hydrogen-bond acceptors (Lipinski definition) is 2. The van der Waals surface area contributed by atoms with Crippen molar-refractivity contribution in [2.45, 2.75) is 51.6 Å². The largest absolute Gasteiger partial charge is 0.353 e. The predicted octanol–water partition coefficient (Wildman–Crippen LogP) is 2.82. The van der Waals surface area contributed by atoms with Gasteiger partial charge in [0.25, 0.3) is 0 Å². The number of rotatable bonds is 7. The molecule has 0 aromatic heterocycles. The molecule has 5 nitrogen and oxygen atoms in total. The standard InChI is InChI=1S/C20H29N3O2/c1-14(18-12-16-7-8-17(18)11-16)23-19(24)9-10-21-20(25)22-13-15-5-3-2-4-6-15/h2-6,14,16-18H,7-13H2,1H3,(H,23,24)(H2,21,22,25)/t14-,16+,17+,18+/m1/s1. The average molecular weight is 343 g/mol. The van der Waals surface area contributed by atoms with Crippen molar-refractivity contribution in [3.05, 3.63) is 35.9 Å². The first-order chi connectivity index (χ1) is 12.1. The molecule has 3 rings (SSSR count). The van der Waals surface area contributed by atoms with Crippen LogP contribution in [0.1, 0.15) is 44.6 Å². The summed E-state index contributed by atoms with van der Waals surface area (Å²) in [6.45, 7) is 2.97. The summed E-state index contributed by atoms with van der Waals surface area (Å²) < 4.78 is 0. The van der Waals surface area contributed by atoms with E-state index in [1.807, 2.05) is 30.3 Å². The highest BCUT2D eigenvalue weighted by Crippen LogP contribution is 2.49. The summed E-state index contributed by atoms with van der Waals surface area (Å²) in [6, 6.07) is 9.76. The predicted molar refractivity (Wildman–Crippen MR) is 97.8 cm³/mol. The maximum absolute atomic E-state index is 12.1. The Bertz CT molecular complexity index is 590. The Labute approximate surface area is 150 Å². The van der Waals surface area contributed by atoms with Crippen molar-refractivity contribution in [1.29, 1.82) is 0 Å². The summed E-state index contributed by atoms with van der Waals surface area (Å²) in [4.78, 5) is 23.9. The number of nitrogens with one attached hydrogen (secondary N) is 3. The van der Waals surface area contributed by atoms with Crippen molar-refractivity contribution in [3.63, 3.8) is 0 Å². The highest BCUT2D eigenvalue weighted by atomic mass is 16.2. The summed E-state index contributed by atoms with van der Waals surface area (Å²) in [5.74, 6) is 2.37. The molecule has 0 spiro atoms. The van der Waals surface area contributed by atoms with E-state index in [2.05, 4.69) is 22.9 Å². The van der Waals surface area contributed by atoms with Gasteiger partial charge in [-0.2, -0.15) is 0 Å². The molecule has 1 aromatic rings. The van der Waals surface area contributed by atoms with Gasteiger partial charge < -0.3 is 16.0 Å². The number of fused-ring (bicyclic) bond motifs is 2. The van der Waals surface area contributed by atoms with Crippen LogP contribution in [0.5, 0.6) is 0 Å². The molecule has 5 heteroatoms. The number of benzene rings is 1. The van der Waals surface area contributed by atoms with Crippen LogP contribution >= 0.6 is 0 Å². The van der Waals surface area contributed by atoms with Crippen molar-refractivity contribution in [2.75, 3.05) is 6.54 Å². The second-order valence-electron chi connectivity index (χ2n) is 7.54. The number of carbonyl (C=O) groups excluding carboxylic acids is 2. The van der Waals surface area contributed by atoms with Crippen molar-refractivity contribution < 1.29 is 9.59 Å². The first-order valence-corrected chi connectivity index (χ1v) is 9.47. The highest BCUT2D eigenvalue weighted by Gasteiger charge is 2.42. The normalized spacial score (nSPS) is 25.4. The first-order valence-electron chi connectivity index (χ1n) is 9.47. The van der Waals surface area contributed by atoms with E-state index in [0.717, 1.165) is 17.4 Å². The lowest BCUT2D eigenvalue weighted by Crippen LogP contribution is -2.42. The Morgan fingerprint density at radius 3 is 2.60 bits per heavy atom. The molecule has 0 heterocycles. The van der Waals surface area contributed by atoms with E-state index in [4.69, 9.17) is 0 Å². The number of urea groups is 1. The maximum atomic E-state index is 12.1. The van der Waals surface area contributed by atoms with Crippen LogP contribution in [0, 0.1) is 17.8 Å². The molecule has 3 amide bonds. The van der Waals surface area contributed by atoms with Gasteiger partial charge in [0.05, 0.1) is 0 Å². The fraction of sp³-hybridized carbons (Fsp3) is 0.600. The second kappa shape index (κ2) is 8.37. The average Bonchev–Trinajstić information content (AvgIpc) is 3.24. The molecule has 1 aromatic carbocycles. The third kappa shape index (κ3) is 4.97. The SMILES string of the molecule is C[C@@H](NC(=O)CCNC(=O)NCc1ccccc1)[C@@H]1C[C@H]2CC[C@H]1C2. The monoisotopic (exact) mass is 343 g/mol. The molecule has 4 atom stereocenters. The number of amides is 3. The highest BCUT2D eigenvalue weighted by molar-refractivity contribution is 5.78. The van der Waals surface area contributed by atoms with Gasteiger partial charge >= 0.3 is 6.03 Å². The van der Waals surface area contributed by atoms with Gasteiger partial charge in [-0.3, -0.25) is 4.79 Å². The van der Waals surface area contributed by atoms with Gasteiger partial charge in [0.2, 0.25) is 5.91 Å². The van der Waals surface area contributed by atoms with E-state index in [-0.39, 0.29) is 18.0 Å². The van der Waals surface area contributed by atoms with Crippen molar-refractivity contribution in [2.24, 2.45) is 17.8 Å². The van der Waals surface area contributed by atoms with Crippen LogP contribution in [0.15, 0.2) is 30.3 Å². The minimum absolute atomic E-state index is 0.0265. The van der Waals surface area contributed by atoms with Crippen LogP contribution < -0.4 is 16.0 Å². The number of hydrogen-bond donors (Lipinski definition) is 3. The fourth-order valence-electron chi connectivity index (χ4n) is 4.47. The molecular weight excluding hydrogens is 314 g/mol. The molecule has 2 aliphatic carbocycles. The van der Waals surface area contributed by atoms with Gasteiger partial charge in [0.1, 0.15) is 0 Å². The molecule has 3 N–H and O–H groups in total. The fourth-order valence-corrected chi connectivity index (χ4v) is 4.47. The van der Waals surface area contributed by atoms with E-state index in [0.29, 0.717) is 25.4 Å². The van der Waals surface area contributed by atoms with Crippen molar-refractivity contribution in [3.8, 4) is 0 Å². The van der Waals surface area contributed by atoms with Gasteiger partial charge in [0.15, 0.2) is 0 Å². The summed E-state index contributed by atoms with van der Waals surface area (Å²) >= 11 is 0. The molecule has 0 radical (unpaired) electrons. The molecule has 25 heavy (non-hydrogen) atoms. The van der Waals surface area contributed by atoms with Crippen LogP contribution in [0.2, 0.25) is 0 Å². The Balaban J connectivity index is 1.29. The third-order valence-corrected chi connectivity index (χ3v) is 5.76. The molecule has 2 aliphatic rings. The maximum Gasteiger partial charge on any atom is 0.315 e. The lowest BCUT2D eigenvalue weighted by molar-refractivity contribution is -0.122. The quantitative estimate of drug-likeness (QED) is 0.712. The van der Waals surface area contributed by atoms with Gasteiger partial charge in [-0.1, -0.05) is 36.8 Å². The van der Waals surface area contributed by atoms with Crippen LogP contribution in [-0.4, -0.2) is 24.5 Å². The molecular formula is C20H29N3O2. The molecule has 2 fully saturated rings. The molecule has 0 saturated heterocycles. The van der Waals surface area contributed by atoms with Gasteiger partial charge in [0, 0.05) is 25.6 Å². The molecule has 2 bridgehead atoms. The Hall–Kier alpha value is -2.04. The zero-order valence-electron chi connectivity index (χ0n) is 15.0. The number of carbonyl (C=O) groups is 2. The van der Waals surface area contributed by atoms with Gasteiger partial charge in [-0.25, -0.2) is 4.79 Å². The molecule has 2 saturated carbocycles. The van der Waals surface area contributed by atoms with Crippen LogP contribution in [0.25, 0.3) is 0 Å². The summed E-state index contributed by atoms with van der Waals surface area (Å²) in [6.07, 6.45) is 5.66. The van der Waals surface area contributed by atoms with Crippen LogP contribution in [-0.2, 0) is 11.3 Å². The Morgan fingerprint density at radius 2 is 1.92 bits per heavy atom. The topological polar surface area (TPSA) is 70.2 Å². The summed E-state index contributed by atoms with van der Waals surface area (Å²) in [7, 11) is 0. The zero-order valence-corrected chi connectivity index (χ0v) is 15.0. The Morgan fingerprint density at radius 1 is 1.12 bits per heavy atom. The molecule has 0 unspecified atom stereocenters. The molecule has 0 aliphatic heterocycles. The van der Waals surface area contributed by atoms with E-state index >= 15 is 0 Å². The smallest absolute Gasteiger partial charge is 0.315 e. The van der Waals surface area contributed by atoms with Crippen molar-refractivity contribution in [1.82, 2.24) is 16.0 Å². The minimum Gasteiger partial charge on any atom is -0.353 e. The first kappa shape index (κ1) is 17.8. The lowest BCUT2D eigenvalue weighted by Gasteiger charge is -2.28. The van der Waals surface area contributed by atoms with Gasteiger partial charge in [-0.05, 0) is 49.5 Å². The van der Waals surface area contributed by atoms with E-state index in [1.54, 1.807) is 0 Å².